The van der Waals surface area contributed by atoms with Crippen molar-refractivity contribution in [2.24, 2.45) is 5.73 Å². The number of rotatable bonds is 10. The van der Waals surface area contributed by atoms with Crippen LogP contribution in [0.15, 0.2) is 0 Å². The van der Waals surface area contributed by atoms with Crippen LogP contribution in [0.25, 0.3) is 0 Å². The third-order valence-electron chi connectivity index (χ3n) is 3.88. The van der Waals surface area contributed by atoms with Crippen molar-refractivity contribution < 1.29 is 0 Å². The normalized spacial score (nSPS) is 17.5. The molecule has 0 aromatic carbocycles. The summed E-state index contributed by atoms with van der Waals surface area (Å²) >= 11 is 0. The van der Waals surface area contributed by atoms with Crippen LogP contribution in [-0.4, -0.2) is 31.1 Å². The zero-order valence-corrected chi connectivity index (χ0v) is 11.6. The smallest absolute Gasteiger partial charge is 0.00187 e. The Morgan fingerprint density at radius 2 is 1.18 bits per heavy atom. The van der Waals surface area contributed by atoms with E-state index in [1.165, 1.54) is 90.3 Å². The summed E-state index contributed by atoms with van der Waals surface area (Å²) in [6.07, 6.45) is 15.4. The Balaban J connectivity index is 1.75. The molecule has 2 N–H and O–H groups in total. The third kappa shape index (κ3) is 8.62. The van der Waals surface area contributed by atoms with E-state index in [4.69, 9.17) is 5.73 Å². The Kier molecular flexibility index (Phi) is 9.72. The van der Waals surface area contributed by atoms with Crippen molar-refractivity contribution in [3.8, 4) is 0 Å². The van der Waals surface area contributed by atoms with Crippen LogP contribution in [0.5, 0.6) is 0 Å². The van der Waals surface area contributed by atoms with Crippen molar-refractivity contribution in [1.29, 1.82) is 0 Å². The van der Waals surface area contributed by atoms with Crippen LogP contribution in [0.1, 0.15) is 70.6 Å². The van der Waals surface area contributed by atoms with Crippen LogP contribution >= 0.6 is 0 Å². The van der Waals surface area contributed by atoms with Crippen LogP contribution in [0.2, 0.25) is 0 Å². The van der Waals surface area contributed by atoms with Gasteiger partial charge in [0.2, 0.25) is 0 Å². The second-order valence-electron chi connectivity index (χ2n) is 5.52. The molecule has 0 aromatic heterocycles. The van der Waals surface area contributed by atoms with E-state index in [0.29, 0.717) is 0 Å². The van der Waals surface area contributed by atoms with Gasteiger partial charge in [0.05, 0.1) is 0 Å². The van der Waals surface area contributed by atoms with Gasteiger partial charge in [0.1, 0.15) is 0 Å². The van der Waals surface area contributed by atoms with Crippen molar-refractivity contribution in [2.75, 3.05) is 26.2 Å². The molecule has 1 saturated heterocycles. The lowest BCUT2D eigenvalue weighted by Crippen LogP contribution is -2.30. The van der Waals surface area contributed by atoms with E-state index < -0.39 is 0 Å². The van der Waals surface area contributed by atoms with Crippen LogP contribution in [0.3, 0.4) is 0 Å². The number of unbranched alkanes of at least 4 members (excludes halogenated alkanes) is 7. The van der Waals surface area contributed by atoms with Crippen LogP contribution in [0.4, 0.5) is 0 Å². The summed E-state index contributed by atoms with van der Waals surface area (Å²) in [6, 6.07) is 0. The van der Waals surface area contributed by atoms with Gasteiger partial charge in [-0.3, -0.25) is 0 Å². The van der Waals surface area contributed by atoms with Crippen molar-refractivity contribution in [2.45, 2.75) is 70.6 Å². The van der Waals surface area contributed by atoms with Gasteiger partial charge < -0.3 is 10.6 Å². The molecule has 0 radical (unpaired) electrons. The van der Waals surface area contributed by atoms with Gasteiger partial charge in [0.15, 0.2) is 0 Å². The number of piperidine rings is 1. The van der Waals surface area contributed by atoms with Gasteiger partial charge in [0.25, 0.3) is 0 Å². The topological polar surface area (TPSA) is 29.3 Å². The lowest BCUT2D eigenvalue weighted by molar-refractivity contribution is 0.224. The molecule has 0 aliphatic carbocycles. The van der Waals surface area contributed by atoms with Gasteiger partial charge in [-0.25, -0.2) is 0 Å². The van der Waals surface area contributed by atoms with Crippen LogP contribution in [0, 0.1) is 0 Å². The fourth-order valence-corrected chi connectivity index (χ4v) is 2.72. The summed E-state index contributed by atoms with van der Waals surface area (Å²) < 4.78 is 0. The Morgan fingerprint density at radius 1 is 0.647 bits per heavy atom. The molecule has 2 heteroatoms. The highest BCUT2D eigenvalue weighted by atomic mass is 15.1. The van der Waals surface area contributed by atoms with E-state index in [-0.39, 0.29) is 0 Å². The molecule has 17 heavy (non-hydrogen) atoms. The van der Waals surface area contributed by atoms with Gasteiger partial charge in [-0.1, -0.05) is 44.9 Å². The molecule has 0 saturated carbocycles. The fourth-order valence-electron chi connectivity index (χ4n) is 2.72. The molecular weight excluding hydrogens is 208 g/mol. The first-order chi connectivity index (χ1) is 8.43. The van der Waals surface area contributed by atoms with Gasteiger partial charge in [-0.15, -0.1) is 0 Å². The summed E-state index contributed by atoms with van der Waals surface area (Å²) in [7, 11) is 0. The molecule has 0 bridgehead atoms. The minimum atomic E-state index is 0.871. The molecule has 0 aromatic rings. The van der Waals surface area contributed by atoms with E-state index in [1.54, 1.807) is 0 Å². The number of nitrogens with zero attached hydrogens (tertiary/aromatic N) is 1. The molecule has 0 atom stereocenters. The molecule has 0 spiro atoms. The Bertz CT molecular complexity index is 153. The summed E-state index contributed by atoms with van der Waals surface area (Å²) in [4.78, 5) is 2.66. The predicted octanol–water partition coefficient (Wildman–Crippen LogP) is 3.55. The zero-order chi connectivity index (χ0) is 12.2. The molecule has 1 aliphatic heterocycles. The number of hydrogen-bond donors (Lipinski definition) is 1. The highest BCUT2D eigenvalue weighted by Crippen LogP contribution is 2.12. The largest absolute Gasteiger partial charge is 0.330 e. The number of hydrogen-bond acceptors (Lipinski definition) is 2. The second kappa shape index (κ2) is 11.0. The second-order valence-corrected chi connectivity index (χ2v) is 5.52. The van der Waals surface area contributed by atoms with Crippen molar-refractivity contribution in [3.05, 3.63) is 0 Å². The van der Waals surface area contributed by atoms with Crippen LogP contribution in [-0.2, 0) is 0 Å². The van der Waals surface area contributed by atoms with Gasteiger partial charge >= 0.3 is 0 Å². The van der Waals surface area contributed by atoms with E-state index in [0.717, 1.165) is 6.54 Å². The molecule has 1 heterocycles. The van der Waals surface area contributed by atoms with Crippen molar-refractivity contribution >= 4 is 0 Å². The molecule has 2 nitrogen and oxygen atoms in total. The van der Waals surface area contributed by atoms with Gasteiger partial charge in [-0.05, 0) is 51.9 Å². The van der Waals surface area contributed by atoms with Crippen LogP contribution < -0.4 is 5.73 Å². The monoisotopic (exact) mass is 240 g/mol. The predicted molar refractivity (Wildman–Crippen MR) is 76.3 cm³/mol. The molecule has 0 amide bonds. The first-order valence-electron chi connectivity index (χ1n) is 7.86. The first-order valence-corrected chi connectivity index (χ1v) is 7.86. The minimum Gasteiger partial charge on any atom is -0.330 e. The Hall–Kier alpha value is -0.0800. The zero-order valence-electron chi connectivity index (χ0n) is 11.6. The molecule has 102 valence electrons. The quantitative estimate of drug-likeness (QED) is 0.592. The average Bonchev–Trinajstić information content (AvgIpc) is 2.38. The lowest BCUT2D eigenvalue weighted by atomic mass is 10.1. The SMILES string of the molecule is NCCCCCCCCCCN1CCCCC1. The van der Waals surface area contributed by atoms with E-state index in [9.17, 15) is 0 Å². The first kappa shape index (κ1) is 15.0. The molecule has 1 fully saturated rings. The summed E-state index contributed by atoms with van der Waals surface area (Å²) in [5.74, 6) is 0. The maximum absolute atomic E-state index is 5.48. The standard InChI is InChI=1S/C15H32N2/c16-12-8-5-3-1-2-4-6-9-13-17-14-10-7-11-15-17/h1-16H2. The van der Waals surface area contributed by atoms with Gasteiger partial charge in [-0.2, -0.15) is 0 Å². The third-order valence-corrected chi connectivity index (χ3v) is 3.88. The maximum Gasteiger partial charge on any atom is -0.00187 e. The molecule has 1 aliphatic rings. The lowest BCUT2D eigenvalue weighted by Gasteiger charge is -2.26. The fraction of sp³-hybridized carbons (Fsp3) is 1.00. The number of nitrogens with two attached hydrogens (primary N) is 1. The maximum atomic E-state index is 5.48. The van der Waals surface area contributed by atoms with Crippen molar-refractivity contribution in [3.63, 3.8) is 0 Å². The van der Waals surface area contributed by atoms with Gasteiger partial charge in [0, 0.05) is 0 Å². The Morgan fingerprint density at radius 3 is 1.76 bits per heavy atom. The van der Waals surface area contributed by atoms with Crippen molar-refractivity contribution in [1.82, 2.24) is 4.90 Å². The minimum absolute atomic E-state index is 0.871. The summed E-state index contributed by atoms with van der Waals surface area (Å²) in [5.41, 5.74) is 5.48. The molecule has 1 rings (SSSR count). The number of likely N-dealkylation sites (tertiary alicyclic amines) is 1. The summed E-state index contributed by atoms with van der Waals surface area (Å²) in [6.45, 7) is 4.95. The van der Waals surface area contributed by atoms with E-state index in [2.05, 4.69) is 4.90 Å². The summed E-state index contributed by atoms with van der Waals surface area (Å²) in [5, 5.41) is 0. The highest BCUT2D eigenvalue weighted by molar-refractivity contribution is 4.64. The van der Waals surface area contributed by atoms with E-state index in [1.807, 2.05) is 0 Å². The average molecular weight is 240 g/mol. The molecular formula is C15H32N2. The highest BCUT2D eigenvalue weighted by Gasteiger charge is 2.08. The molecule has 0 unspecified atom stereocenters. The van der Waals surface area contributed by atoms with E-state index >= 15 is 0 Å². The Labute approximate surface area is 108 Å².